The molecule has 1 aromatic carbocycles. The Labute approximate surface area is 149 Å². The average Bonchev–Trinajstić information content (AvgIpc) is 3.33. The summed E-state index contributed by atoms with van der Waals surface area (Å²) in [4.78, 5) is 17.2. The second kappa shape index (κ2) is 7.00. The Kier molecular flexibility index (Phi) is 4.57. The van der Waals surface area contributed by atoms with Crippen molar-refractivity contribution in [2.24, 2.45) is 0 Å². The number of rotatable bonds is 5. The Bertz CT molecular complexity index is 754. The molecule has 5 nitrogen and oxygen atoms in total. The van der Waals surface area contributed by atoms with Gasteiger partial charge in [-0.15, -0.1) is 0 Å². The molecule has 1 aromatic heterocycles. The van der Waals surface area contributed by atoms with Crippen molar-refractivity contribution >= 4 is 11.6 Å². The van der Waals surface area contributed by atoms with E-state index in [-0.39, 0.29) is 5.91 Å². The predicted molar refractivity (Wildman–Crippen MR) is 98.7 cm³/mol. The van der Waals surface area contributed by atoms with Gasteiger partial charge in [0.1, 0.15) is 0 Å². The minimum absolute atomic E-state index is 0.255. The Hall–Kier alpha value is -2.14. The first kappa shape index (κ1) is 16.3. The Morgan fingerprint density at radius 3 is 3.00 bits per heavy atom. The lowest BCUT2D eigenvalue weighted by Gasteiger charge is -2.25. The number of hydrogen-bond acceptors (Lipinski definition) is 3. The zero-order valence-electron chi connectivity index (χ0n) is 14.9. The van der Waals surface area contributed by atoms with Gasteiger partial charge in [-0.1, -0.05) is 18.2 Å². The monoisotopic (exact) mass is 338 g/mol. The van der Waals surface area contributed by atoms with Crippen molar-refractivity contribution in [2.75, 3.05) is 24.5 Å². The number of anilines is 1. The molecule has 132 valence electrons. The molecule has 0 radical (unpaired) electrons. The van der Waals surface area contributed by atoms with Gasteiger partial charge in [-0.2, -0.15) is 5.10 Å². The fourth-order valence-electron chi connectivity index (χ4n) is 4.15. The van der Waals surface area contributed by atoms with E-state index in [0.29, 0.717) is 12.5 Å². The van der Waals surface area contributed by atoms with Crippen LogP contribution in [0.1, 0.15) is 30.4 Å². The number of carbonyl (C=O) groups is 1. The number of amides is 1. The third-order valence-corrected chi connectivity index (χ3v) is 5.46. The van der Waals surface area contributed by atoms with Crippen molar-refractivity contribution in [3.63, 3.8) is 0 Å². The van der Waals surface area contributed by atoms with Crippen molar-refractivity contribution in [1.29, 1.82) is 0 Å². The van der Waals surface area contributed by atoms with Crippen LogP contribution in [0.2, 0.25) is 0 Å². The van der Waals surface area contributed by atoms with Crippen LogP contribution in [0.25, 0.3) is 0 Å². The number of aryl methyl sites for hydroxylation is 1. The van der Waals surface area contributed by atoms with E-state index in [0.717, 1.165) is 38.3 Å². The van der Waals surface area contributed by atoms with Gasteiger partial charge >= 0.3 is 0 Å². The SMILES string of the molecule is Cc1cnn(C[C@H]2CCCN2CCC(=O)N2CCc3ccccc32)c1. The van der Waals surface area contributed by atoms with Gasteiger partial charge in [0.2, 0.25) is 5.91 Å². The van der Waals surface area contributed by atoms with Crippen LogP contribution in [0.5, 0.6) is 0 Å². The van der Waals surface area contributed by atoms with E-state index in [1.807, 2.05) is 21.8 Å². The van der Waals surface area contributed by atoms with Gasteiger partial charge in [0, 0.05) is 37.4 Å². The molecule has 2 aliphatic rings. The van der Waals surface area contributed by atoms with Crippen LogP contribution in [-0.4, -0.2) is 46.3 Å². The number of hydrogen-bond donors (Lipinski definition) is 0. The van der Waals surface area contributed by atoms with Gasteiger partial charge in [-0.05, 0) is 49.9 Å². The summed E-state index contributed by atoms with van der Waals surface area (Å²) in [5.41, 5.74) is 3.61. The number of likely N-dealkylation sites (tertiary alicyclic amines) is 1. The number of aromatic nitrogens is 2. The van der Waals surface area contributed by atoms with E-state index >= 15 is 0 Å². The maximum atomic E-state index is 12.7. The summed E-state index contributed by atoms with van der Waals surface area (Å²) in [6.45, 7) is 5.77. The van der Waals surface area contributed by atoms with E-state index in [1.54, 1.807) is 0 Å². The molecule has 0 spiro atoms. The molecule has 5 heteroatoms. The molecule has 25 heavy (non-hydrogen) atoms. The lowest BCUT2D eigenvalue weighted by Crippen LogP contribution is -2.37. The van der Waals surface area contributed by atoms with E-state index in [4.69, 9.17) is 0 Å². The van der Waals surface area contributed by atoms with E-state index in [1.165, 1.54) is 24.0 Å². The van der Waals surface area contributed by atoms with Crippen molar-refractivity contribution in [3.8, 4) is 0 Å². The van der Waals surface area contributed by atoms with Gasteiger partial charge < -0.3 is 4.90 Å². The van der Waals surface area contributed by atoms with Crippen molar-refractivity contribution < 1.29 is 4.79 Å². The van der Waals surface area contributed by atoms with Crippen LogP contribution in [0.15, 0.2) is 36.7 Å². The molecular formula is C20H26N4O. The molecule has 0 bridgehead atoms. The van der Waals surface area contributed by atoms with Gasteiger partial charge in [0.15, 0.2) is 0 Å². The number of carbonyl (C=O) groups excluding carboxylic acids is 1. The summed E-state index contributed by atoms with van der Waals surface area (Å²) < 4.78 is 2.04. The van der Waals surface area contributed by atoms with Crippen LogP contribution < -0.4 is 4.90 Å². The first-order valence-electron chi connectivity index (χ1n) is 9.32. The van der Waals surface area contributed by atoms with Crippen LogP contribution in [0, 0.1) is 6.92 Å². The second-order valence-electron chi connectivity index (χ2n) is 7.25. The standard InChI is InChI=1S/C20H26N4O/c1-16-13-21-23(14-16)15-18-6-4-10-22(18)11-9-20(25)24-12-8-17-5-2-3-7-19(17)24/h2-3,5,7,13-14,18H,4,6,8-12,15H2,1H3/t18-/m1/s1. The molecule has 2 aromatic rings. The molecule has 1 fully saturated rings. The first-order chi connectivity index (χ1) is 12.2. The largest absolute Gasteiger partial charge is 0.312 e. The fourth-order valence-corrected chi connectivity index (χ4v) is 4.15. The van der Waals surface area contributed by atoms with Crippen molar-refractivity contribution in [2.45, 2.75) is 45.2 Å². The Balaban J connectivity index is 1.34. The zero-order valence-corrected chi connectivity index (χ0v) is 14.9. The Morgan fingerprint density at radius 2 is 2.16 bits per heavy atom. The smallest absolute Gasteiger partial charge is 0.228 e. The van der Waals surface area contributed by atoms with Crippen LogP contribution in [0.3, 0.4) is 0 Å². The number of para-hydroxylation sites is 1. The molecule has 4 rings (SSSR count). The van der Waals surface area contributed by atoms with Crippen LogP contribution in [-0.2, 0) is 17.8 Å². The fraction of sp³-hybridized carbons (Fsp3) is 0.500. The highest BCUT2D eigenvalue weighted by molar-refractivity contribution is 5.95. The molecule has 2 aliphatic heterocycles. The molecule has 0 N–H and O–H groups in total. The molecular weight excluding hydrogens is 312 g/mol. The Morgan fingerprint density at radius 1 is 1.28 bits per heavy atom. The third kappa shape index (κ3) is 3.47. The third-order valence-electron chi connectivity index (χ3n) is 5.46. The lowest BCUT2D eigenvalue weighted by molar-refractivity contribution is -0.118. The number of fused-ring (bicyclic) bond motifs is 1. The maximum Gasteiger partial charge on any atom is 0.228 e. The average molecular weight is 338 g/mol. The molecule has 1 amide bonds. The predicted octanol–water partition coefficient (Wildman–Crippen LogP) is 2.64. The highest BCUT2D eigenvalue weighted by atomic mass is 16.2. The first-order valence-corrected chi connectivity index (χ1v) is 9.32. The van der Waals surface area contributed by atoms with Crippen LogP contribution in [0.4, 0.5) is 5.69 Å². The van der Waals surface area contributed by atoms with Crippen molar-refractivity contribution in [1.82, 2.24) is 14.7 Å². The number of benzene rings is 1. The second-order valence-corrected chi connectivity index (χ2v) is 7.25. The molecule has 0 saturated carbocycles. The highest BCUT2D eigenvalue weighted by Gasteiger charge is 2.28. The lowest BCUT2D eigenvalue weighted by atomic mass is 10.2. The minimum Gasteiger partial charge on any atom is -0.312 e. The zero-order chi connectivity index (χ0) is 17.2. The summed E-state index contributed by atoms with van der Waals surface area (Å²) in [6.07, 6.45) is 8.00. The molecule has 1 atom stereocenters. The van der Waals surface area contributed by atoms with Gasteiger partial charge in [-0.3, -0.25) is 14.4 Å². The van der Waals surface area contributed by atoms with Gasteiger partial charge in [-0.25, -0.2) is 0 Å². The summed E-state index contributed by atoms with van der Waals surface area (Å²) >= 11 is 0. The van der Waals surface area contributed by atoms with E-state index < -0.39 is 0 Å². The van der Waals surface area contributed by atoms with E-state index in [9.17, 15) is 4.79 Å². The summed E-state index contributed by atoms with van der Waals surface area (Å²) in [5.74, 6) is 0.255. The minimum atomic E-state index is 0.255. The topological polar surface area (TPSA) is 41.4 Å². The summed E-state index contributed by atoms with van der Waals surface area (Å²) in [7, 11) is 0. The van der Waals surface area contributed by atoms with Crippen molar-refractivity contribution in [3.05, 3.63) is 47.8 Å². The maximum absolute atomic E-state index is 12.7. The molecule has 0 unspecified atom stereocenters. The van der Waals surface area contributed by atoms with Gasteiger partial charge in [0.05, 0.1) is 12.7 Å². The van der Waals surface area contributed by atoms with Gasteiger partial charge in [0.25, 0.3) is 0 Å². The quantitative estimate of drug-likeness (QED) is 0.841. The normalized spacial score (nSPS) is 20.2. The summed E-state index contributed by atoms with van der Waals surface area (Å²) in [5, 5.41) is 4.41. The summed E-state index contributed by atoms with van der Waals surface area (Å²) in [6, 6.07) is 8.77. The highest BCUT2D eigenvalue weighted by Crippen LogP contribution is 2.28. The molecule has 0 aliphatic carbocycles. The molecule has 3 heterocycles. The molecule has 1 saturated heterocycles. The van der Waals surface area contributed by atoms with Crippen LogP contribution >= 0.6 is 0 Å². The van der Waals surface area contributed by atoms with E-state index in [2.05, 4.69) is 41.3 Å². The number of nitrogens with zero attached hydrogens (tertiary/aromatic N) is 4.